The minimum Gasteiger partial charge on any atom is -0.388 e. The Hall–Kier alpha value is -1.92. The van der Waals surface area contributed by atoms with Crippen molar-refractivity contribution in [1.29, 1.82) is 0 Å². The van der Waals surface area contributed by atoms with Crippen LogP contribution in [0.5, 0.6) is 0 Å². The number of halogens is 9. The molecule has 2 aromatic rings. The van der Waals surface area contributed by atoms with Crippen molar-refractivity contribution in [2.75, 3.05) is 18.1 Å². The first-order valence-corrected chi connectivity index (χ1v) is 11.0. The molecule has 0 saturated heterocycles. The molecular weight excluding hydrogens is 499 g/mol. The fraction of sp³-hybridized carbons (Fsp3) is 0.455. The highest BCUT2D eigenvalue weighted by atomic mass is 32.2. The molecule has 0 spiro atoms. The molecule has 0 heterocycles. The van der Waals surface area contributed by atoms with E-state index < -0.39 is 47.4 Å². The minimum absolute atomic E-state index is 0.00814. The SMILES string of the molecule is CCOC(CSCC(O)c1cc(C)cc(C(F)(F)F)c1)c1cc(C(F)(F)F)cc(C(F)(F)F)c1. The van der Waals surface area contributed by atoms with Gasteiger partial charge in [-0.1, -0.05) is 11.6 Å². The van der Waals surface area contributed by atoms with Crippen LogP contribution >= 0.6 is 11.8 Å². The lowest BCUT2D eigenvalue weighted by Gasteiger charge is -2.21. The molecule has 1 N–H and O–H groups in total. The summed E-state index contributed by atoms with van der Waals surface area (Å²) in [7, 11) is 0. The highest BCUT2D eigenvalue weighted by Crippen LogP contribution is 2.39. The number of thioether (sulfide) groups is 1. The van der Waals surface area contributed by atoms with Crippen LogP contribution in [0.25, 0.3) is 0 Å². The maximum atomic E-state index is 13.2. The summed E-state index contributed by atoms with van der Waals surface area (Å²) in [4.78, 5) is 0. The van der Waals surface area contributed by atoms with Crippen molar-refractivity contribution in [3.8, 4) is 0 Å². The van der Waals surface area contributed by atoms with Gasteiger partial charge in [0.05, 0.1) is 28.9 Å². The zero-order chi connectivity index (χ0) is 25.9. The van der Waals surface area contributed by atoms with Crippen molar-refractivity contribution in [3.05, 3.63) is 69.8 Å². The summed E-state index contributed by atoms with van der Waals surface area (Å²) in [5.41, 5.74) is -3.99. The van der Waals surface area contributed by atoms with Crippen LogP contribution < -0.4 is 0 Å². The van der Waals surface area contributed by atoms with E-state index in [0.717, 1.165) is 23.9 Å². The van der Waals surface area contributed by atoms with Crippen LogP contribution in [0.2, 0.25) is 0 Å². The van der Waals surface area contributed by atoms with Gasteiger partial charge in [-0.15, -0.1) is 0 Å². The van der Waals surface area contributed by atoms with Crippen LogP contribution in [-0.4, -0.2) is 23.2 Å². The molecule has 0 fully saturated rings. The number of benzene rings is 2. The van der Waals surface area contributed by atoms with E-state index >= 15 is 0 Å². The maximum absolute atomic E-state index is 13.2. The van der Waals surface area contributed by atoms with E-state index in [-0.39, 0.29) is 40.9 Å². The fourth-order valence-corrected chi connectivity index (χ4v) is 4.21. The molecule has 2 atom stereocenters. The number of hydrogen-bond donors (Lipinski definition) is 1. The van der Waals surface area contributed by atoms with Gasteiger partial charge in [-0.25, -0.2) is 0 Å². The Morgan fingerprint density at radius 2 is 1.21 bits per heavy atom. The summed E-state index contributed by atoms with van der Waals surface area (Å²) in [5.74, 6) is -0.295. The first-order chi connectivity index (χ1) is 15.5. The van der Waals surface area contributed by atoms with Crippen molar-refractivity contribution < 1.29 is 49.4 Å². The normalized spacial score (nSPS) is 14.8. The molecule has 0 saturated carbocycles. The van der Waals surface area contributed by atoms with E-state index in [1.807, 2.05) is 0 Å². The van der Waals surface area contributed by atoms with E-state index in [1.54, 1.807) is 0 Å². The Balaban J connectivity index is 2.23. The van der Waals surface area contributed by atoms with Gasteiger partial charge in [0.1, 0.15) is 0 Å². The van der Waals surface area contributed by atoms with Crippen molar-refractivity contribution in [3.63, 3.8) is 0 Å². The third-order valence-electron chi connectivity index (χ3n) is 4.71. The molecule has 0 aliphatic rings. The van der Waals surface area contributed by atoms with E-state index in [0.29, 0.717) is 12.1 Å². The average molecular weight is 520 g/mol. The summed E-state index contributed by atoms with van der Waals surface area (Å²) in [6.45, 7) is 2.92. The number of aliphatic hydroxyl groups excluding tert-OH is 1. The second-order valence-electron chi connectivity index (χ2n) is 7.47. The maximum Gasteiger partial charge on any atom is 0.416 e. The summed E-state index contributed by atoms with van der Waals surface area (Å²) in [6, 6.07) is 4.23. The predicted molar refractivity (Wildman–Crippen MR) is 109 cm³/mol. The molecule has 0 aliphatic heterocycles. The zero-order valence-corrected chi connectivity index (χ0v) is 18.7. The Morgan fingerprint density at radius 1 is 0.735 bits per heavy atom. The van der Waals surface area contributed by atoms with E-state index in [4.69, 9.17) is 4.74 Å². The number of ether oxygens (including phenoxy) is 1. The quantitative estimate of drug-likeness (QED) is 0.364. The van der Waals surface area contributed by atoms with Crippen LogP contribution in [0, 0.1) is 6.92 Å². The molecule has 12 heteroatoms. The number of hydrogen-bond acceptors (Lipinski definition) is 3. The zero-order valence-electron chi connectivity index (χ0n) is 17.9. The van der Waals surface area contributed by atoms with Crippen molar-refractivity contribution in [2.24, 2.45) is 0 Å². The van der Waals surface area contributed by atoms with E-state index in [2.05, 4.69) is 0 Å². The first kappa shape index (κ1) is 28.3. The number of rotatable bonds is 8. The van der Waals surface area contributed by atoms with Crippen LogP contribution in [0.3, 0.4) is 0 Å². The predicted octanol–water partition coefficient (Wildman–Crippen LogP) is 7.60. The second kappa shape index (κ2) is 10.8. The number of aliphatic hydroxyl groups is 1. The third-order valence-corrected chi connectivity index (χ3v) is 5.80. The number of aryl methyl sites for hydroxylation is 1. The average Bonchev–Trinajstić information content (AvgIpc) is 2.70. The van der Waals surface area contributed by atoms with Gasteiger partial charge in [-0.3, -0.25) is 0 Å². The molecule has 0 aliphatic carbocycles. The lowest BCUT2D eigenvalue weighted by atomic mass is 10.0. The van der Waals surface area contributed by atoms with Crippen molar-refractivity contribution >= 4 is 11.8 Å². The molecule has 0 aromatic heterocycles. The summed E-state index contributed by atoms with van der Waals surface area (Å²) in [6.07, 6.45) is -17.2. The first-order valence-electron chi connectivity index (χ1n) is 9.88. The monoisotopic (exact) mass is 520 g/mol. The van der Waals surface area contributed by atoms with Gasteiger partial charge in [-0.05, 0) is 55.3 Å². The molecule has 190 valence electrons. The molecule has 2 nitrogen and oxygen atoms in total. The van der Waals surface area contributed by atoms with Gasteiger partial charge in [0.15, 0.2) is 0 Å². The molecule has 2 aromatic carbocycles. The van der Waals surface area contributed by atoms with Gasteiger partial charge in [0, 0.05) is 18.1 Å². The smallest absolute Gasteiger partial charge is 0.388 e. The molecule has 34 heavy (non-hydrogen) atoms. The van der Waals surface area contributed by atoms with Crippen molar-refractivity contribution in [2.45, 2.75) is 44.6 Å². The Kier molecular flexibility index (Phi) is 8.98. The third kappa shape index (κ3) is 7.81. The van der Waals surface area contributed by atoms with Gasteiger partial charge >= 0.3 is 18.5 Å². The molecule has 0 amide bonds. The summed E-state index contributed by atoms with van der Waals surface area (Å²) >= 11 is 0.926. The molecule has 2 rings (SSSR count). The Morgan fingerprint density at radius 3 is 1.68 bits per heavy atom. The lowest BCUT2D eigenvalue weighted by molar-refractivity contribution is -0.143. The van der Waals surface area contributed by atoms with Crippen LogP contribution in [0.4, 0.5) is 39.5 Å². The molecule has 2 unspecified atom stereocenters. The van der Waals surface area contributed by atoms with Gasteiger partial charge < -0.3 is 9.84 Å². The van der Waals surface area contributed by atoms with E-state index in [9.17, 15) is 44.6 Å². The Labute approximate surface area is 194 Å². The lowest BCUT2D eigenvalue weighted by Crippen LogP contribution is -2.15. The minimum atomic E-state index is -5.02. The highest BCUT2D eigenvalue weighted by molar-refractivity contribution is 7.99. The van der Waals surface area contributed by atoms with Crippen molar-refractivity contribution in [1.82, 2.24) is 0 Å². The largest absolute Gasteiger partial charge is 0.416 e. The van der Waals surface area contributed by atoms with Crippen LogP contribution in [-0.2, 0) is 23.3 Å². The topological polar surface area (TPSA) is 29.5 Å². The summed E-state index contributed by atoms with van der Waals surface area (Å²) < 4.78 is 123. The summed E-state index contributed by atoms with van der Waals surface area (Å²) in [5, 5.41) is 10.3. The van der Waals surface area contributed by atoms with Gasteiger partial charge in [0.25, 0.3) is 0 Å². The van der Waals surface area contributed by atoms with Gasteiger partial charge in [-0.2, -0.15) is 51.3 Å². The van der Waals surface area contributed by atoms with Gasteiger partial charge in [0.2, 0.25) is 0 Å². The fourth-order valence-electron chi connectivity index (χ4n) is 3.16. The van der Waals surface area contributed by atoms with Crippen LogP contribution in [0.1, 0.15) is 52.5 Å². The molecule has 0 radical (unpaired) electrons. The highest BCUT2D eigenvalue weighted by Gasteiger charge is 2.37. The van der Waals surface area contributed by atoms with E-state index in [1.165, 1.54) is 19.9 Å². The Bertz CT molecular complexity index is 936. The second-order valence-corrected chi connectivity index (χ2v) is 8.54. The standard InChI is InChI=1S/C22H21F9O2S/c1-3-33-19(14-7-16(21(26,27)28)9-17(8-14)22(29,30)31)11-34-10-18(32)13-4-12(2)5-15(6-13)20(23,24)25/h4-9,18-19,32H,3,10-11H2,1-2H3. The molecule has 0 bridgehead atoms. The van der Waals surface area contributed by atoms with Crippen LogP contribution in [0.15, 0.2) is 36.4 Å². The molecular formula is C22H21F9O2S. The number of alkyl halides is 9.